The van der Waals surface area contributed by atoms with Crippen molar-refractivity contribution in [1.82, 2.24) is 20.5 Å². The average molecular weight is 954 g/mol. The molecule has 2 aromatic carbocycles. The van der Waals surface area contributed by atoms with E-state index in [0.717, 1.165) is 16.2 Å². The summed E-state index contributed by atoms with van der Waals surface area (Å²) in [5.41, 5.74) is 1.13. The van der Waals surface area contributed by atoms with E-state index < -0.39 is 53.5 Å². The van der Waals surface area contributed by atoms with Gasteiger partial charge in [0.25, 0.3) is 0 Å². The lowest BCUT2D eigenvalue weighted by Gasteiger charge is -2.29. The van der Waals surface area contributed by atoms with Crippen LogP contribution in [-0.4, -0.2) is 96.1 Å². The Hall–Kier alpha value is -4.77. The van der Waals surface area contributed by atoms with Crippen LogP contribution in [0, 0.1) is 17.3 Å². The number of carbonyl (C=O) groups excluding carboxylic acids is 5. The number of benzene rings is 2. The number of rotatable bonds is 15. The molecule has 14 nitrogen and oxygen atoms in total. The highest BCUT2D eigenvalue weighted by Crippen LogP contribution is 2.45. The summed E-state index contributed by atoms with van der Waals surface area (Å²) in [6.07, 6.45) is 2.03. The van der Waals surface area contributed by atoms with E-state index in [-0.39, 0.29) is 61.2 Å². The average Bonchev–Trinajstić information content (AvgIpc) is 4.07. The van der Waals surface area contributed by atoms with E-state index in [2.05, 4.69) is 29.5 Å². The third-order valence-corrected chi connectivity index (χ3v) is 14.4. The van der Waals surface area contributed by atoms with Gasteiger partial charge in [0, 0.05) is 49.8 Å². The highest BCUT2D eigenvalue weighted by atomic mass is 35.5. The van der Waals surface area contributed by atoms with Crippen LogP contribution >= 0.6 is 33.2 Å². The summed E-state index contributed by atoms with van der Waals surface area (Å²) < 4.78 is 28.8. The maximum atomic E-state index is 13.9. The van der Waals surface area contributed by atoms with Crippen molar-refractivity contribution in [2.45, 2.75) is 115 Å². The second-order valence-corrected chi connectivity index (χ2v) is 21.4. The Labute approximate surface area is 395 Å². The lowest BCUT2D eigenvalue weighted by atomic mass is 9.92. The van der Waals surface area contributed by atoms with Crippen LogP contribution in [0.4, 0.5) is 4.79 Å². The number of halogens is 1. The number of amides is 3. The summed E-state index contributed by atoms with van der Waals surface area (Å²) in [6.45, 7) is 13.5. The van der Waals surface area contributed by atoms with Crippen molar-refractivity contribution in [3.05, 3.63) is 101 Å². The Bertz CT molecular complexity index is 2160. The monoisotopic (exact) mass is 952 g/mol. The first-order valence-corrected chi connectivity index (χ1v) is 24.2. The summed E-state index contributed by atoms with van der Waals surface area (Å²) in [7, 11) is 6.42. The van der Waals surface area contributed by atoms with Crippen molar-refractivity contribution in [3.63, 3.8) is 0 Å². The second-order valence-electron chi connectivity index (χ2n) is 18.1. The van der Waals surface area contributed by atoms with Crippen molar-refractivity contribution in [3.8, 4) is 5.75 Å². The number of aromatic nitrogens is 1. The third kappa shape index (κ3) is 15.4. The van der Waals surface area contributed by atoms with Gasteiger partial charge in [-0.2, -0.15) is 0 Å². The molecular weight excluding hydrogens is 892 g/mol. The molecule has 1 saturated heterocycles. The van der Waals surface area contributed by atoms with Gasteiger partial charge in [-0.1, -0.05) is 85.6 Å². The number of ether oxygens (including phenoxy) is 5. The lowest BCUT2D eigenvalue weighted by Crippen LogP contribution is -2.51. The predicted octanol–water partition coefficient (Wildman–Crippen LogP) is 8.31. The van der Waals surface area contributed by atoms with Gasteiger partial charge in [-0.15, -0.1) is 0 Å². The Morgan fingerprint density at radius 3 is 2.42 bits per heavy atom. The van der Waals surface area contributed by atoms with Crippen molar-refractivity contribution in [1.29, 1.82) is 0 Å². The number of methoxy groups -OCH3 is 1. The Kier molecular flexibility index (Phi) is 18.2. The molecule has 17 heteroatoms. The Balaban J connectivity index is 1.25. The van der Waals surface area contributed by atoms with Gasteiger partial charge in [0.2, 0.25) is 11.8 Å². The standard InChI is InChI=1S/C48H61ClN4O10S2/c1-29(2)23-38-44(56)61-36(13-12-14-39(54)52-35(25-32-18-21-37(59-9)34(49)24-32)43(55)51-27-47(4,5)45(57)62-38)30(3)41-42(63-41)33-19-16-31(17-20-33)26-60-46(58)53(8)28-48(6,7)65-64-40-15-10-11-22-50-40/h10-12,14-22,24,29-30,35-36,38,41-42H,13,23,25-28H2,1-9H3,(H,51,55)(H,52,54)/b14-12+/t30-,35+,36-,38-,41-,42-/m0/s1. The van der Waals surface area contributed by atoms with Crippen LogP contribution in [-0.2, 0) is 51.2 Å². The fourth-order valence-electron chi connectivity index (χ4n) is 7.09. The van der Waals surface area contributed by atoms with Gasteiger partial charge in [0.1, 0.15) is 35.6 Å². The highest BCUT2D eigenvalue weighted by Gasteiger charge is 2.48. The molecule has 0 aliphatic carbocycles. The van der Waals surface area contributed by atoms with Crippen molar-refractivity contribution >= 4 is 63.0 Å². The molecule has 2 aliphatic heterocycles. The first-order valence-electron chi connectivity index (χ1n) is 21.6. The summed E-state index contributed by atoms with van der Waals surface area (Å²) in [5.74, 6) is -2.37. The molecule has 3 aromatic rings. The fourth-order valence-corrected chi connectivity index (χ4v) is 9.56. The number of nitrogens with zero attached hydrogens (tertiary/aromatic N) is 2. The minimum Gasteiger partial charge on any atom is -0.495 e. The quantitative estimate of drug-likeness (QED) is 0.0645. The van der Waals surface area contributed by atoms with Crippen LogP contribution in [0.3, 0.4) is 0 Å². The van der Waals surface area contributed by atoms with Crippen LogP contribution in [0.1, 0.15) is 84.1 Å². The van der Waals surface area contributed by atoms with E-state index in [4.69, 9.17) is 35.3 Å². The van der Waals surface area contributed by atoms with Crippen molar-refractivity contribution in [2.75, 3.05) is 27.2 Å². The molecule has 0 unspecified atom stereocenters. The number of esters is 2. The smallest absolute Gasteiger partial charge is 0.409 e. The topological polar surface area (TPSA) is 175 Å². The second kappa shape index (κ2) is 23.1. The highest BCUT2D eigenvalue weighted by molar-refractivity contribution is 8.77. The first kappa shape index (κ1) is 51.2. The van der Waals surface area contributed by atoms with Crippen LogP contribution < -0.4 is 15.4 Å². The van der Waals surface area contributed by atoms with E-state index in [1.54, 1.807) is 77.9 Å². The molecule has 2 N–H and O–H groups in total. The summed E-state index contributed by atoms with van der Waals surface area (Å²) in [4.78, 5) is 73.3. The normalized spacial score (nSPS) is 22.7. The summed E-state index contributed by atoms with van der Waals surface area (Å²) in [5, 5.41) is 6.81. The molecule has 0 spiro atoms. The number of hydrogen-bond donors (Lipinski definition) is 2. The van der Waals surface area contributed by atoms with Crippen LogP contribution in [0.15, 0.2) is 84.0 Å². The third-order valence-electron chi connectivity index (χ3n) is 10.9. The Morgan fingerprint density at radius 1 is 1.03 bits per heavy atom. The molecule has 5 rings (SSSR count). The molecular formula is C48H61ClN4O10S2. The minimum atomic E-state index is -1.24. The largest absolute Gasteiger partial charge is 0.495 e. The van der Waals surface area contributed by atoms with Gasteiger partial charge in [-0.05, 0) is 97.9 Å². The maximum Gasteiger partial charge on any atom is 0.409 e. The Morgan fingerprint density at radius 2 is 1.75 bits per heavy atom. The number of epoxide rings is 1. The van der Waals surface area contributed by atoms with E-state index in [1.165, 1.54) is 13.2 Å². The van der Waals surface area contributed by atoms with Crippen molar-refractivity contribution < 1.29 is 47.7 Å². The molecule has 0 saturated carbocycles. The molecule has 3 heterocycles. The van der Waals surface area contributed by atoms with Crippen molar-refractivity contribution in [2.24, 2.45) is 17.3 Å². The molecule has 1 aromatic heterocycles. The van der Waals surface area contributed by atoms with Crippen LogP contribution in [0.5, 0.6) is 5.75 Å². The van der Waals surface area contributed by atoms with Gasteiger partial charge in [-0.3, -0.25) is 14.4 Å². The molecule has 6 atom stereocenters. The molecule has 1 fully saturated rings. The minimum absolute atomic E-state index is 0.0254. The summed E-state index contributed by atoms with van der Waals surface area (Å²) >= 11 is 6.37. The number of cyclic esters (lactones) is 2. The molecule has 2 aliphatic rings. The predicted molar refractivity (Wildman–Crippen MR) is 251 cm³/mol. The van der Waals surface area contributed by atoms with E-state index in [9.17, 15) is 24.0 Å². The van der Waals surface area contributed by atoms with Gasteiger partial charge in [0.05, 0.1) is 23.7 Å². The molecule has 65 heavy (non-hydrogen) atoms. The molecule has 352 valence electrons. The zero-order chi connectivity index (χ0) is 47.5. The first-order chi connectivity index (χ1) is 30.7. The number of pyridine rings is 1. The van der Waals surface area contributed by atoms with E-state index in [0.29, 0.717) is 22.9 Å². The fraction of sp³-hybridized carbons (Fsp3) is 0.500. The van der Waals surface area contributed by atoms with E-state index >= 15 is 0 Å². The van der Waals surface area contributed by atoms with Gasteiger partial charge in [0.15, 0.2) is 6.10 Å². The molecule has 3 amide bonds. The number of carbonyl (C=O) groups is 5. The SMILES string of the molecule is COc1ccc(C[C@H]2NC(=O)/C=C/C[C@@H]([C@H](C)[C@@H]3O[C@H]3c3ccc(COC(=O)N(C)CC(C)(C)SSc4ccccn4)cc3)OC(=O)[C@H](CC(C)C)OC(=O)C(C)(C)CNC2=O)cc1Cl. The van der Waals surface area contributed by atoms with Gasteiger partial charge >= 0.3 is 18.0 Å². The van der Waals surface area contributed by atoms with Gasteiger partial charge in [-0.25, -0.2) is 14.6 Å². The van der Waals surface area contributed by atoms with Crippen LogP contribution in [0.2, 0.25) is 5.02 Å². The maximum absolute atomic E-state index is 13.9. The van der Waals surface area contributed by atoms with Crippen LogP contribution in [0.25, 0.3) is 0 Å². The summed E-state index contributed by atoms with van der Waals surface area (Å²) in [6, 6.07) is 17.4. The number of hydrogen-bond acceptors (Lipinski definition) is 13. The molecule has 0 radical (unpaired) electrons. The lowest BCUT2D eigenvalue weighted by molar-refractivity contribution is -0.179. The number of nitrogens with one attached hydrogen (secondary N) is 2. The van der Waals surface area contributed by atoms with Gasteiger partial charge < -0.3 is 39.2 Å². The molecule has 0 bridgehead atoms. The zero-order valence-corrected chi connectivity index (χ0v) is 40.8. The zero-order valence-electron chi connectivity index (χ0n) is 38.5. The van der Waals surface area contributed by atoms with E-state index in [1.807, 2.05) is 63.2 Å².